The van der Waals surface area contributed by atoms with Crippen LogP contribution in [-0.2, 0) is 16.0 Å². The normalized spacial score (nSPS) is 14.6. The van der Waals surface area contributed by atoms with Crippen molar-refractivity contribution >= 4 is 9.84 Å². The van der Waals surface area contributed by atoms with Crippen molar-refractivity contribution in [3.8, 4) is 0 Å². The van der Waals surface area contributed by atoms with Gasteiger partial charge in [0.25, 0.3) is 0 Å². The largest absolute Gasteiger partial charge is 0.416 e. The summed E-state index contributed by atoms with van der Waals surface area (Å²) in [5.41, 5.74) is -0.401. The van der Waals surface area contributed by atoms with Gasteiger partial charge >= 0.3 is 6.18 Å². The van der Waals surface area contributed by atoms with Crippen LogP contribution in [0.2, 0.25) is 0 Å². The van der Waals surface area contributed by atoms with Gasteiger partial charge in [-0.05, 0) is 24.6 Å². The molecule has 0 heterocycles. The first-order valence-electron chi connectivity index (χ1n) is 5.07. The van der Waals surface area contributed by atoms with E-state index in [-0.39, 0.29) is 5.75 Å². The molecule has 6 heteroatoms. The molecule has 1 atom stereocenters. The summed E-state index contributed by atoms with van der Waals surface area (Å²) in [4.78, 5) is 0. The Balaban J connectivity index is 3.04. The van der Waals surface area contributed by atoms with Gasteiger partial charge in [0.2, 0.25) is 0 Å². The van der Waals surface area contributed by atoms with Gasteiger partial charge in [-0.15, -0.1) is 0 Å². The number of rotatable bonds is 3. The van der Waals surface area contributed by atoms with Gasteiger partial charge in [0.05, 0.1) is 10.8 Å². The average molecular weight is 266 g/mol. The lowest BCUT2D eigenvalue weighted by atomic mass is 10.1. The third-order valence-electron chi connectivity index (χ3n) is 2.65. The van der Waals surface area contributed by atoms with Crippen LogP contribution in [-0.4, -0.2) is 14.2 Å². The van der Waals surface area contributed by atoms with E-state index >= 15 is 0 Å². The fraction of sp³-hybridized carbons (Fsp3) is 0.455. The summed E-state index contributed by atoms with van der Waals surface area (Å²) in [5, 5.41) is -0.783. The Labute approximate surface area is 98.4 Å². The highest BCUT2D eigenvalue weighted by molar-refractivity contribution is 7.91. The summed E-state index contributed by atoms with van der Waals surface area (Å²) in [7, 11) is -3.28. The predicted octanol–water partition coefficient (Wildman–Crippen LogP) is 3.20. The summed E-state index contributed by atoms with van der Waals surface area (Å²) in [6.45, 7) is 2.98. The van der Waals surface area contributed by atoms with E-state index in [2.05, 4.69) is 0 Å². The molecule has 0 aromatic heterocycles. The lowest BCUT2D eigenvalue weighted by Crippen LogP contribution is -2.13. The standard InChI is InChI=1S/C11H13F3O2S/c1-3-17(15,16)8(2)9-4-6-10(7-5-9)11(12,13)14/h4-8H,3H2,1-2H3/t8-/m0/s1. The first-order valence-corrected chi connectivity index (χ1v) is 6.78. The maximum atomic E-state index is 12.3. The zero-order valence-electron chi connectivity index (χ0n) is 9.45. The van der Waals surface area contributed by atoms with Crippen molar-refractivity contribution in [3.05, 3.63) is 35.4 Å². The van der Waals surface area contributed by atoms with E-state index in [1.165, 1.54) is 26.0 Å². The quantitative estimate of drug-likeness (QED) is 0.842. The molecule has 0 spiro atoms. The highest BCUT2D eigenvalue weighted by Gasteiger charge is 2.30. The Hall–Kier alpha value is -1.04. The molecule has 0 aliphatic rings. The van der Waals surface area contributed by atoms with Crippen LogP contribution in [0.15, 0.2) is 24.3 Å². The van der Waals surface area contributed by atoms with E-state index in [1.54, 1.807) is 0 Å². The Morgan fingerprint density at radius 1 is 1.18 bits per heavy atom. The van der Waals surface area contributed by atoms with E-state index < -0.39 is 26.8 Å². The molecule has 17 heavy (non-hydrogen) atoms. The highest BCUT2D eigenvalue weighted by atomic mass is 32.2. The lowest BCUT2D eigenvalue weighted by Gasteiger charge is -2.13. The van der Waals surface area contributed by atoms with Gasteiger partial charge in [-0.1, -0.05) is 19.1 Å². The minimum absolute atomic E-state index is 0.0326. The smallest absolute Gasteiger partial charge is 0.228 e. The molecule has 0 N–H and O–H groups in total. The molecular formula is C11H13F3O2S. The van der Waals surface area contributed by atoms with Crippen LogP contribution in [0.5, 0.6) is 0 Å². The van der Waals surface area contributed by atoms with E-state index in [1.807, 2.05) is 0 Å². The topological polar surface area (TPSA) is 34.1 Å². The Morgan fingerprint density at radius 2 is 1.65 bits per heavy atom. The van der Waals surface area contributed by atoms with E-state index in [0.29, 0.717) is 5.56 Å². The fourth-order valence-electron chi connectivity index (χ4n) is 1.40. The van der Waals surface area contributed by atoms with Crippen LogP contribution < -0.4 is 0 Å². The molecule has 1 aromatic carbocycles. The first kappa shape index (κ1) is 14.0. The molecule has 96 valence electrons. The molecule has 0 unspecified atom stereocenters. The summed E-state index contributed by atoms with van der Waals surface area (Å²) in [6.07, 6.45) is -4.40. The Kier molecular flexibility index (Phi) is 3.86. The molecule has 0 radical (unpaired) electrons. The number of benzene rings is 1. The van der Waals surface area contributed by atoms with Gasteiger partial charge in [0.1, 0.15) is 0 Å². The van der Waals surface area contributed by atoms with E-state index in [0.717, 1.165) is 12.1 Å². The maximum absolute atomic E-state index is 12.3. The zero-order chi connectivity index (χ0) is 13.3. The second kappa shape index (κ2) is 4.68. The van der Waals surface area contributed by atoms with Crippen LogP contribution in [0.25, 0.3) is 0 Å². The Morgan fingerprint density at radius 3 is 2.00 bits per heavy atom. The number of hydrogen-bond donors (Lipinski definition) is 0. The molecule has 0 bridgehead atoms. The minimum Gasteiger partial charge on any atom is -0.228 e. The minimum atomic E-state index is -4.40. The molecule has 0 amide bonds. The van der Waals surface area contributed by atoms with Crippen molar-refractivity contribution in [2.45, 2.75) is 25.3 Å². The van der Waals surface area contributed by atoms with Gasteiger partial charge in [-0.2, -0.15) is 13.2 Å². The van der Waals surface area contributed by atoms with Crippen molar-refractivity contribution in [2.75, 3.05) is 5.75 Å². The molecule has 1 rings (SSSR count). The molecule has 0 saturated carbocycles. The zero-order valence-corrected chi connectivity index (χ0v) is 10.3. The number of halogens is 3. The summed E-state index contributed by atoms with van der Waals surface area (Å²) in [6, 6.07) is 4.22. The van der Waals surface area contributed by atoms with E-state index in [9.17, 15) is 21.6 Å². The SMILES string of the molecule is CCS(=O)(=O)[C@@H](C)c1ccc(C(F)(F)F)cc1. The third kappa shape index (κ3) is 3.21. The molecule has 2 nitrogen and oxygen atoms in total. The van der Waals surface area contributed by atoms with Crippen molar-refractivity contribution in [2.24, 2.45) is 0 Å². The average Bonchev–Trinajstić information content (AvgIpc) is 2.27. The number of alkyl halides is 3. The highest BCUT2D eigenvalue weighted by Crippen LogP contribution is 2.31. The summed E-state index contributed by atoms with van der Waals surface area (Å²) in [5.74, 6) is -0.0326. The third-order valence-corrected chi connectivity index (χ3v) is 4.80. The van der Waals surface area contributed by atoms with Crippen LogP contribution >= 0.6 is 0 Å². The fourth-order valence-corrected chi connectivity index (χ4v) is 2.47. The number of hydrogen-bond acceptors (Lipinski definition) is 2. The van der Waals surface area contributed by atoms with Gasteiger partial charge < -0.3 is 0 Å². The van der Waals surface area contributed by atoms with Gasteiger partial charge in [0.15, 0.2) is 9.84 Å². The lowest BCUT2D eigenvalue weighted by molar-refractivity contribution is -0.137. The predicted molar refractivity (Wildman–Crippen MR) is 59.3 cm³/mol. The van der Waals surface area contributed by atoms with Gasteiger partial charge in [-0.3, -0.25) is 0 Å². The van der Waals surface area contributed by atoms with Crippen molar-refractivity contribution in [1.29, 1.82) is 0 Å². The second-order valence-electron chi connectivity index (χ2n) is 3.71. The molecule has 1 aromatic rings. The molecular weight excluding hydrogens is 253 g/mol. The first-order chi connectivity index (χ1) is 7.68. The van der Waals surface area contributed by atoms with Crippen LogP contribution in [0.3, 0.4) is 0 Å². The molecule has 0 aliphatic carbocycles. The second-order valence-corrected chi connectivity index (χ2v) is 6.32. The van der Waals surface area contributed by atoms with Crippen molar-refractivity contribution < 1.29 is 21.6 Å². The van der Waals surface area contributed by atoms with Crippen molar-refractivity contribution in [1.82, 2.24) is 0 Å². The summed E-state index contributed by atoms with van der Waals surface area (Å²) >= 11 is 0. The van der Waals surface area contributed by atoms with Crippen LogP contribution in [0.4, 0.5) is 13.2 Å². The molecule has 0 aliphatic heterocycles. The summed E-state index contributed by atoms with van der Waals surface area (Å²) < 4.78 is 60.0. The molecule has 0 fully saturated rings. The number of sulfone groups is 1. The maximum Gasteiger partial charge on any atom is 0.416 e. The Bertz CT molecular complexity index is 474. The van der Waals surface area contributed by atoms with Gasteiger partial charge in [0, 0.05) is 5.75 Å². The van der Waals surface area contributed by atoms with Crippen LogP contribution in [0, 0.1) is 0 Å². The van der Waals surface area contributed by atoms with Crippen LogP contribution in [0.1, 0.15) is 30.2 Å². The van der Waals surface area contributed by atoms with E-state index in [4.69, 9.17) is 0 Å². The monoisotopic (exact) mass is 266 g/mol. The molecule has 0 saturated heterocycles. The van der Waals surface area contributed by atoms with Crippen molar-refractivity contribution in [3.63, 3.8) is 0 Å². The van der Waals surface area contributed by atoms with Gasteiger partial charge in [-0.25, -0.2) is 8.42 Å².